The Labute approximate surface area is 81.5 Å². The number of nitrogens with zero attached hydrogens (tertiary/aromatic N) is 1. The van der Waals surface area contributed by atoms with Crippen LogP contribution in [0.1, 0.15) is 5.56 Å². The predicted molar refractivity (Wildman–Crippen MR) is 54.9 cm³/mol. The number of hydrogen-bond acceptors (Lipinski definition) is 3. The second-order valence-electron chi connectivity index (χ2n) is 1.89. The Morgan fingerprint density at radius 3 is 2.91 bits per heavy atom. The Morgan fingerprint density at radius 1 is 1.36 bits per heavy atom. The van der Waals surface area contributed by atoms with Crippen molar-refractivity contribution >= 4 is 48.1 Å². The summed E-state index contributed by atoms with van der Waals surface area (Å²) in [7, 11) is 0. The molecule has 0 unspecified atom stereocenters. The maximum absolute atomic E-state index is 4.06. The minimum Gasteiger partial charge on any atom is -0.365 e. The summed E-state index contributed by atoms with van der Waals surface area (Å²) in [4.78, 5) is 4.06. The van der Waals surface area contributed by atoms with Crippen LogP contribution in [0, 0.1) is 0 Å². The van der Waals surface area contributed by atoms with E-state index < -0.39 is 0 Å². The van der Waals surface area contributed by atoms with Gasteiger partial charge in [-0.2, -0.15) is 0 Å². The summed E-state index contributed by atoms with van der Waals surface area (Å²) >= 11 is 1.70. The van der Waals surface area contributed by atoms with E-state index in [4.69, 9.17) is 0 Å². The number of thiophene rings is 1. The molecule has 62 valence electrons. The lowest BCUT2D eigenvalue weighted by Gasteiger charge is -2.05. The van der Waals surface area contributed by atoms with Crippen LogP contribution in [0.15, 0.2) is 15.8 Å². The molecule has 0 amide bonds. The van der Waals surface area contributed by atoms with Gasteiger partial charge in [-0.05, 0) is 0 Å². The highest BCUT2D eigenvalue weighted by Crippen LogP contribution is 2.20. The summed E-state index contributed by atoms with van der Waals surface area (Å²) in [5.74, 6) is 0. The zero-order valence-electron chi connectivity index (χ0n) is 5.61. The molecule has 0 spiro atoms. The van der Waals surface area contributed by atoms with E-state index >= 15 is 0 Å². The molecule has 2 nitrogen and oxygen atoms in total. The van der Waals surface area contributed by atoms with E-state index in [2.05, 4.69) is 21.1 Å². The second-order valence-corrected chi connectivity index (χ2v) is 2.63. The van der Waals surface area contributed by atoms with Crippen molar-refractivity contribution in [3.05, 3.63) is 16.3 Å². The Morgan fingerprint density at radius 2 is 2.18 bits per heavy atom. The molecule has 0 saturated carbocycles. The first-order chi connectivity index (χ1) is 4.47. The van der Waals surface area contributed by atoms with Crippen molar-refractivity contribution in [2.45, 2.75) is 0 Å². The van der Waals surface area contributed by atoms with Gasteiger partial charge in [0.25, 0.3) is 0 Å². The van der Waals surface area contributed by atoms with Crippen molar-refractivity contribution in [2.75, 3.05) is 12.0 Å². The molecule has 1 aromatic rings. The third-order valence-corrected chi connectivity index (χ3v) is 2.04. The molecule has 1 aliphatic rings. The van der Waals surface area contributed by atoms with Crippen LogP contribution >= 0.6 is 36.2 Å². The number of anilines is 1. The van der Waals surface area contributed by atoms with Crippen molar-refractivity contribution < 1.29 is 0 Å². The second kappa shape index (κ2) is 4.59. The minimum atomic E-state index is 0. The summed E-state index contributed by atoms with van der Waals surface area (Å²) in [5, 5.41) is 7.34. The van der Waals surface area contributed by atoms with E-state index in [0.717, 1.165) is 6.67 Å². The molecule has 1 aliphatic heterocycles. The van der Waals surface area contributed by atoms with Crippen LogP contribution in [0.2, 0.25) is 0 Å². The van der Waals surface area contributed by atoms with Crippen LogP contribution < -0.4 is 5.32 Å². The van der Waals surface area contributed by atoms with Crippen molar-refractivity contribution in [3.63, 3.8) is 0 Å². The average molecular weight is 211 g/mol. The van der Waals surface area contributed by atoms with Gasteiger partial charge >= 0.3 is 0 Å². The van der Waals surface area contributed by atoms with Crippen molar-refractivity contribution in [2.24, 2.45) is 4.99 Å². The molecule has 0 bridgehead atoms. The number of halogens is 2. The van der Waals surface area contributed by atoms with Crippen LogP contribution in [0.4, 0.5) is 5.69 Å². The third-order valence-electron chi connectivity index (χ3n) is 1.28. The van der Waals surface area contributed by atoms with E-state index in [9.17, 15) is 0 Å². The van der Waals surface area contributed by atoms with Crippen LogP contribution in [0.3, 0.4) is 0 Å². The summed E-state index contributed by atoms with van der Waals surface area (Å²) in [6.07, 6.45) is 1.91. The number of fused-ring (bicyclic) bond motifs is 1. The normalized spacial score (nSPS) is 12.0. The summed E-state index contributed by atoms with van der Waals surface area (Å²) in [6.45, 7) is 0.726. The largest absolute Gasteiger partial charge is 0.365 e. The summed E-state index contributed by atoms with van der Waals surface area (Å²) < 4.78 is 0. The van der Waals surface area contributed by atoms with Crippen LogP contribution in [-0.4, -0.2) is 12.9 Å². The first-order valence-corrected chi connectivity index (χ1v) is 3.71. The first-order valence-electron chi connectivity index (χ1n) is 2.77. The van der Waals surface area contributed by atoms with Gasteiger partial charge in [-0.15, -0.1) is 36.2 Å². The SMILES string of the molecule is C1=NCNc2cscc21.Cl.Cl. The van der Waals surface area contributed by atoms with Gasteiger partial charge in [-0.1, -0.05) is 0 Å². The van der Waals surface area contributed by atoms with Crippen molar-refractivity contribution in [3.8, 4) is 0 Å². The van der Waals surface area contributed by atoms with E-state index in [0.29, 0.717) is 0 Å². The molecule has 5 heteroatoms. The van der Waals surface area contributed by atoms with E-state index in [1.807, 2.05) is 6.21 Å². The van der Waals surface area contributed by atoms with Crippen LogP contribution in [0.5, 0.6) is 0 Å². The van der Waals surface area contributed by atoms with Gasteiger partial charge in [-0.3, -0.25) is 4.99 Å². The molecule has 2 heterocycles. The lowest BCUT2D eigenvalue weighted by atomic mass is 10.3. The summed E-state index contributed by atoms with van der Waals surface area (Å²) in [6, 6.07) is 0. The van der Waals surface area contributed by atoms with Gasteiger partial charge < -0.3 is 5.32 Å². The monoisotopic (exact) mass is 210 g/mol. The Bertz CT molecular complexity index is 246. The highest BCUT2D eigenvalue weighted by molar-refractivity contribution is 7.08. The number of aliphatic imine (C=N–C) groups is 1. The Kier molecular flexibility index (Phi) is 4.49. The molecule has 0 aliphatic carbocycles. The number of hydrogen-bond donors (Lipinski definition) is 1. The fraction of sp³-hybridized carbons (Fsp3) is 0.167. The molecule has 0 atom stereocenters. The van der Waals surface area contributed by atoms with E-state index in [1.165, 1.54) is 11.3 Å². The summed E-state index contributed by atoms with van der Waals surface area (Å²) in [5.41, 5.74) is 2.43. The van der Waals surface area contributed by atoms with Crippen LogP contribution in [0.25, 0.3) is 0 Å². The maximum atomic E-state index is 4.06. The fourth-order valence-electron chi connectivity index (χ4n) is 0.825. The number of nitrogens with one attached hydrogen (secondary N) is 1. The minimum absolute atomic E-state index is 0. The van der Waals surface area contributed by atoms with Gasteiger partial charge in [0.05, 0.1) is 5.69 Å². The van der Waals surface area contributed by atoms with Crippen LogP contribution in [-0.2, 0) is 0 Å². The highest BCUT2D eigenvalue weighted by atomic mass is 35.5. The van der Waals surface area contributed by atoms with Gasteiger partial charge in [-0.25, -0.2) is 0 Å². The molecule has 1 N–H and O–H groups in total. The molecule has 0 fully saturated rings. The molecule has 1 aromatic heterocycles. The lowest BCUT2D eigenvalue weighted by molar-refractivity contribution is 1.13. The van der Waals surface area contributed by atoms with Crippen molar-refractivity contribution in [1.29, 1.82) is 0 Å². The first kappa shape index (κ1) is 10.8. The van der Waals surface area contributed by atoms with Gasteiger partial charge in [0.2, 0.25) is 0 Å². The average Bonchev–Trinajstić information content (AvgIpc) is 2.33. The number of rotatable bonds is 0. The van der Waals surface area contributed by atoms with E-state index in [1.54, 1.807) is 11.3 Å². The molecule has 0 aromatic carbocycles. The third kappa shape index (κ3) is 2.09. The highest BCUT2D eigenvalue weighted by Gasteiger charge is 2.02. The Hall–Kier alpha value is -0.250. The van der Waals surface area contributed by atoms with Gasteiger partial charge in [0.1, 0.15) is 6.67 Å². The van der Waals surface area contributed by atoms with Gasteiger partial charge in [0, 0.05) is 22.5 Å². The molecule has 11 heavy (non-hydrogen) atoms. The predicted octanol–water partition coefficient (Wildman–Crippen LogP) is 2.39. The quantitative estimate of drug-likeness (QED) is 0.700. The Balaban J connectivity index is 0.000000500. The molecular weight excluding hydrogens is 203 g/mol. The molecular formula is C6H8Cl2N2S. The van der Waals surface area contributed by atoms with Gasteiger partial charge in [0.15, 0.2) is 0 Å². The maximum Gasteiger partial charge on any atom is 0.107 e. The molecule has 0 radical (unpaired) electrons. The zero-order chi connectivity index (χ0) is 6.10. The fourth-order valence-corrected chi connectivity index (χ4v) is 1.58. The lowest BCUT2D eigenvalue weighted by Crippen LogP contribution is -2.04. The van der Waals surface area contributed by atoms with Crippen molar-refractivity contribution in [1.82, 2.24) is 0 Å². The molecule has 2 rings (SSSR count). The topological polar surface area (TPSA) is 24.4 Å². The molecule has 0 saturated heterocycles. The smallest absolute Gasteiger partial charge is 0.107 e. The zero-order valence-corrected chi connectivity index (χ0v) is 8.06. The standard InChI is InChI=1S/C6H6N2S.2ClH/c1-5-2-9-3-6(5)8-4-7-1;;/h1-3,8H,4H2;2*1H. The van der Waals surface area contributed by atoms with E-state index in [-0.39, 0.29) is 24.8 Å².